The van der Waals surface area contributed by atoms with Gasteiger partial charge in [0, 0.05) is 11.8 Å². The molecule has 7 nitrogen and oxygen atoms in total. The molecule has 1 aromatic heterocycles. The number of nitrogens with zero attached hydrogens (tertiary/aromatic N) is 1. The monoisotopic (exact) mass is 362 g/mol. The van der Waals surface area contributed by atoms with Gasteiger partial charge in [-0.1, -0.05) is 29.0 Å². The number of nitrogens with one attached hydrogen (secondary N) is 1. The summed E-state index contributed by atoms with van der Waals surface area (Å²) < 4.78 is 5.10. The summed E-state index contributed by atoms with van der Waals surface area (Å²) in [6.07, 6.45) is -1.03. The SMILES string of the molecule is Cc1cc(C)c(NC(=O)[C@H](C)OC(=O)c2ccc([N+](=O)[O-])s2)c(C)c1. The fraction of sp³-hybridized carbons (Fsp3) is 0.294. The summed E-state index contributed by atoms with van der Waals surface area (Å²) in [5, 5.41) is 13.3. The average molecular weight is 362 g/mol. The molecule has 0 aliphatic rings. The van der Waals surface area contributed by atoms with Gasteiger partial charge < -0.3 is 10.1 Å². The van der Waals surface area contributed by atoms with Crippen LogP contribution in [0.25, 0.3) is 0 Å². The number of thiophene rings is 1. The van der Waals surface area contributed by atoms with E-state index in [0.717, 1.165) is 16.7 Å². The lowest BCUT2D eigenvalue weighted by molar-refractivity contribution is -0.380. The molecule has 8 heteroatoms. The maximum absolute atomic E-state index is 12.3. The van der Waals surface area contributed by atoms with Crippen LogP contribution in [0.5, 0.6) is 0 Å². The Kier molecular flexibility index (Phi) is 5.53. The minimum absolute atomic E-state index is 0.0778. The number of ether oxygens (including phenoxy) is 1. The molecule has 2 rings (SSSR count). The van der Waals surface area contributed by atoms with Gasteiger partial charge in [-0.25, -0.2) is 4.79 Å². The number of nitro groups is 1. The number of benzene rings is 1. The van der Waals surface area contributed by atoms with Gasteiger partial charge in [-0.3, -0.25) is 14.9 Å². The Bertz CT molecular complexity index is 820. The zero-order valence-electron chi connectivity index (χ0n) is 14.3. The summed E-state index contributed by atoms with van der Waals surface area (Å²) in [6.45, 7) is 7.19. The zero-order valence-corrected chi connectivity index (χ0v) is 15.1. The van der Waals surface area contributed by atoms with E-state index in [0.29, 0.717) is 17.0 Å². The third-order valence-corrected chi connectivity index (χ3v) is 4.57. The van der Waals surface area contributed by atoms with Crippen molar-refractivity contribution in [2.45, 2.75) is 33.8 Å². The first-order valence-electron chi connectivity index (χ1n) is 7.53. The molecule has 132 valence electrons. The van der Waals surface area contributed by atoms with Gasteiger partial charge in [0.05, 0.1) is 4.92 Å². The second-order valence-electron chi connectivity index (χ2n) is 5.71. The topological polar surface area (TPSA) is 98.5 Å². The van der Waals surface area contributed by atoms with Crippen LogP contribution in [0.3, 0.4) is 0 Å². The van der Waals surface area contributed by atoms with E-state index in [9.17, 15) is 19.7 Å². The van der Waals surface area contributed by atoms with E-state index in [4.69, 9.17) is 4.74 Å². The summed E-state index contributed by atoms with van der Waals surface area (Å²) in [5.74, 6) is -1.23. The van der Waals surface area contributed by atoms with Crippen molar-refractivity contribution in [3.8, 4) is 0 Å². The van der Waals surface area contributed by atoms with Crippen LogP contribution in [0.1, 0.15) is 33.3 Å². The van der Waals surface area contributed by atoms with Gasteiger partial charge in [-0.05, 0) is 44.9 Å². The fourth-order valence-electron chi connectivity index (χ4n) is 2.41. The molecule has 0 aliphatic carbocycles. The second-order valence-corrected chi connectivity index (χ2v) is 6.77. The number of carbonyl (C=O) groups is 2. The first-order valence-corrected chi connectivity index (χ1v) is 8.34. The molecule has 0 bridgehead atoms. The summed E-state index contributed by atoms with van der Waals surface area (Å²) in [4.78, 5) is 34.5. The van der Waals surface area contributed by atoms with Gasteiger partial charge in [0.25, 0.3) is 5.91 Å². The molecule has 0 unspecified atom stereocenters. The Hall–Kier alpha value is -2.74. The summed E-state index contributed by atoms with van der Waals surface area (Å²) in [7, 11) is 0. The highest BCUT2D eigenvalue weighted by atomic mass is 32.1. The third-order valence-electron chi connectivity index (χ3n) is 3.55. The number of esters is 1. The van der Waals surface area contributed by atoms with E-state index >= 15 is 0 Å². The number of anilines is 1. The number of hydrogen-bond donors (Lipinski definition) is 1. The summed E-state index contributed by atoms with van der Waals surface area (Å²) >= 11 is 0.708. The number of carbonyl (C=O) groups excluding carboxylic acids is 2. The van der Waals surface area contributed by atoms with E-state index in [1.807, 2.05) is 32.9 Å². The van der Waals surface area contributed by atoms with Crippen molar-refractivity contribution in [3.05, 3.63) is 55.9 Å². The minimum atomic E-state index is -1.03. The smallest absolute Gasteiger partial charge is 0.349 e. The molecule has 0 spiro atoms. The molecule has 1 amide bonds. The highest BCUT2D eigenvalue weighted by Gasteiger charge is 2.23. The van der Waals surface area contributed by atoms with E-state index < -0.39 is 22.9 Å². The van der Waals surface area contributed by atoms with E-state index in [1.54, 1.807) is 0 Å². The van der Waals surface area contributed by atoms with Crippen molar-refractivity contribution in [2.24, 2.45) is 0 Å². The maximum atomic E-state index is 12.3. The molecule has 1 heterocycles. The van der Waals surface area contributed by atoms with Gasteiger partial charge in [-0.15, -0.1) is 0 Å². The van der Waals surface area contributed by atoms with Crippen LogP contribution in [-0.4, -0.2) is 22.9 Å². The van der Waals surface area contributed by atoms with Crippen molar-refractivity contribution in [1.82, 2.24) is 0 Å². The maximum Gasteiger partial charge on any atom is 0.349 e. The average Bonchev–Trinajstić information content (AvgIpc) is 3.00. The number of hydrogen-bond acceptors (Lipinski definition) is 6. The molecule has 1 atom stereocenters. The summed E-state index contributed by atoms with van der Waals surface area (Å²) in [5.41, 5.74) is 3.61. The molecule has 0 saturated carbocycles. The first kappa shape index (κ1) is 18.6. The van der Waals surface area contributed by atoms with E-state index in [2.05, 4.69) is 5.32 Å². The van der Waals surface area contributed by atoms with Crippen LogP contribution >= 0.6 is 11.3 Å². The number of amides is 1. The molecule has 0 fully saturated rings. The molecule has 0 saturated heterocycles. The molecule has 1 N–H and O–H groups in total. The lowest BCUT2D eigenvalue weighted by atomic mass is 10.0. The molecule has 1 aromatic carbocycles. The van der Waals surface area contributed by atoms with Crippen LogP contribution < -0.4 is 5.32 Å². The normalized spacial score (nSPS) is 11.7. The zero-order chi connectivity index (χ0) is 18.7. The number of rotatable bonds is 5. The van der Waals surface area contributed by atoms with Crippen LogP contribution in [0.4, 0.5) is 10.7 Å². The Morgan fingerprint density at radius 1 is 1.20 bits per heavy atom. The molecule has 0 aliphatic heterocycles. The highest BCUT2D eigenvalue weighted by Crippen LogP contribution is 2.25. The highest BCUT2D eigenvalue weighted by molar-refractivity contribution is 7.17. The van der Waals surface area contributed by atoms with Gasteiger partial charge in [0.2, 0.25) is 0 Å². The van der Waals surface area contributed by atoms with Crippen LogP contribution in [-0.2, 0) is 9.53 Å². The first-order chi connectivity index (χ1) is 11.7. The fourth-order valence-corrected chi connectivity index (χ4v) is 3.11. The van der Waals surface area contributed by atoms with Crippen LogP contribution in [0.2, 0.25) is 0 Å². The summed E-state index contributed by atoms with van der Waals surface area (Å²) in [6, 6.07) is 6.43. The lowest BCUT2D eigenvalue weighted by Crippen LogP contribution is -2.30. The Morgan fingerprint density at radius 3 is 2.32 bits per heavy atom. The molecule has 2 aromatic rings. The predicted octanol–water partition coefficient (Wildman–Crippen LogP) is 3.77. The Morgan fingerprint density at radius 2 is 1.80 bits per heavy atom. The van der Waals surface area contributed by atoms with Gasteiger partial charge >= 0.3 is 11.0 Å². The molecular weight excluding hydrogens is 344 g/mol. The standard InChI is InChI=1S/C17H18N2O5S/c1-9-7-10(2)15(11(3)8-9)18-16(20)12(4)24-17(21)13-5-6-14(25-13)19(22)23/h5-8,12H,1-4H3,(H,18,20)/t12-/m0/s1. The third kappa shape index (κ3) is 4.42. The van der Waals surface area contributed by atoms with Crippen molar-refractivity contribution < 1.29 is 19.2 Å². The van der Waals surface area contributed by atoms with Gasteiger partial charge in [0.15, 0.2) is 6.10 Å². The largest absolute Gasteiger partial charge is 0.448 e. The predicted molar refractivity (Wildman–Crippen MR) is 95.1 cm³/mol. The van der Waals surface area contributed by atoms with Gasteiger partial charge in [0.1, 0.15) is 4.88 Å². The van der Waals surface area contributed by atoms with Crippen molar-refractivity contribution in [1.29, 1.82) is 0 Å². The molecule has 0 radical (unpaired) electrons. The minimum Gasteiger partial charge on any atom is -0.448 e. The quantitative estimate of drug-likeness (QED) is 0.496. The molecular formula is C17H18N2O5S. The molecule has 25 heavy (non-hydrogen) atoms. The van der Waals surface area contributed by atoms with Gasteiger partial charge in [-0.2, -0.15) is 0 Å². The number of aryl methyl sites for hydroxylation is 3. The Balaban J connectivity index is 2.05. The van der Waals surface area contributed by atoms with Crippen molar-refractivity contribution in [2.75, 3.05) is 5.32 Å². The van der Waals surface area contributed by atoms with E-state index in [-0.39, 0.29) is 9.88 Å². The van der Waals surface area contributed by atoms with Crippen LogP contribution in [0.15, 0.2) is 24.3 Å². The second kappa shape index (κ2) is 7.43. The lowest BCUT2D eigenvalue weighted by Gasteiger charge is -2.16. The van der Waals surface area contributed by atoms with E-state index in [1.165, 1.54) is 19.1 Å². The van der Waals surface area contributed by atoms with Crippen molar-refractivity contribution in [3.63, 3.8) is 0 Å². The Labute approximate surface area is 148 Å². The van der Waals surface area contributed by atoms with Crippen LogP contribution in [0, 0.1) is 30.9 Å². The van der Waals surface area contributed by atoms with Crippen molar-refractivity contribution >= 4 is 33.9 Å².